The van der Waals surface area contributed by atoms with Crippen molar-refractivity contribution < 1.29 is 27.7 Å². The number of carbonyl (C=O) groups excluding carboxylic acids is 2. The van der Waals surface area contributed by atoms with Gasteiger partial charge >= 0.3 is 12.0 Å². The first-order valence-corrected chi connectivity index (χ1v) is 14.6. The minimum Gasteiger partial charge on any atom is -0.462 e. The molecule has 3 aromatic carbocycles. The lowest BCUT2D eigenvalue weighted by molar-refractivity contribution is -0.385. The molecule has 4 rings (SSSR count). The van der Waals surface area contributed by atoms with Crippen LogP contribution in [-0.2, 0) is 19.6 Å². The Morgan fingerprint density at radius 1 is 1.10 bits per heavy atom. The van der Waals surface area contributed by atoms with Crippen LogP contribution < -0.4 is 0 Å². The van der Waals surface area contributed by atoms with Crippen LogP contribution in [0.2, 0.25) is 0 Å². The SMILES string of the molecule is CC1=NC(=O)N(CCCN(C)S(=O)(=O)c2ccc3ccccc3c2)C(c2cccc([N+](=O)[O-])c2)C1C(=O)OC(C)C. The standard InChI is InChI=1S/C29H32N4O7S/c1-19(2)40-28(34)26-20(3)30-29(35)32(27(26)23-11-7-12-24(17-23)33(36)37)16-8-15-31(4)41(38,39)25-14-13-21-9-5-6-10-22(21)18-25/h5-7,9-14,17-19,26-27H,8,15-16H2,1-4H3. The number of fused-ring (bicyclic) bond motifs is 1. The molecule has 0 saturated heterocycles. The molecule has 11 nitrogen and oxygen atoms in total. The van der Waals surface area contributed by atoms with Crippen LogP contribution in [0.4, 0.5) is 10.5 Å². The molecule has 216 valence electrons. The van der Waals surface area contributed by atoms with E-state index in [1.807, 2.05) is 24.3 Å². The van der Waals surface area contributed by atoms with Crippen molar-refractivity contribution in [3.05, 3.63) is 82.4 Å². The molecule has 1 aliphatic heterocycles. The van der Waals surface area contributed by atoms with E-state index < -0.39 is 45.0 Å². The maximum Gasteiger partial charge on any atom is 0.344 e. The van der Waals surface area contributed by atoms with Gasteiger partial charge in [-0.25, -0.2) is 22.5 Å². The molecule has 2 amide bonds. The van der Waals surface area contributed by atoms with Crippen molar-refractivity contribution in [3.8, 4) is 0 Å². The van der Waals surface area contributed by atoms with Crippen LogP contribution in [-0.4, -0.2) is 66.5 Å². The van der Waals surface area contributed by atoms with E-state index in [1.165, 1.54) is 34.5 Å². The van der Waals surface area contributed by atoms with Gasteiger partial charge in [-0.15, -0.1) is 0 Å². The number of amides is 2. The van der Waals surface area contributed by atoms with Gasteiger partial charge in [0.1, 0.15) is 5.92 Å². The van der Waals surface area contributed by atoms with E-state index in [-0.39, 0.29) is 35.8 Å². The van der Waals surface area contributed by atoms with Gasteiger partial charge in [-0.2, -0.15) is 0 Å². The number of carbonyl (C=O) groups is 2. The minimum absolute atomic E-state index is 0.0476. The second-order valence-corrected chi connectivity index (χ2v) is 12.2. The summed E-state index contributed by atoms with van der Waals surface area (Å²) in [6, 6.07) is 16.6. The molecular weight excluding hydrogens is 548 g/mol. The average molecular weight is 581 g/mol. The van der Waals surface area contributed by atoms with E-state index in [4.69, 9.17) is 4.74 Å². The number of hydrogen-bond acceptors (Lipinski definition) is 7. The van der Waals surface area contributed by atoms with Crippen LogP contribution in [0.5, 0.6) is 0 Å². The number of urea groups is 1. The van der Waals surface area contributed by atoms with E-state index in [2.05, 4.69) is 4.99 Å². The van der Waals surface area contributed by atoms with E-state index in [0.29, 0.717) is 5.56 Å². The topological polar surface area (TPSA) is 139 Å². The lowest BCUT2D eigenvalue weighted by atomic mass is 9.86. The summed E-state index contributed by atoms with van der Waals surface area (Å²) in [7, 11) is -2.36. The predicted octanol–water partition coefficient (Wildman–Crippen LogP) is 4.96. The number of nitro benzene ring substituents is 1. The molecule has 2 atom stereocenters. The van der Waals surface area contributed by atoms with Gasteiger partial charge in [0.15, 0.2) is 0 Å². The van der Waals surface area contributed by atoms with Gasteiger partial charge in [0.05, 0.1) is 22.0 Å². The first-order chi connectivity index (χ1) is 19.4. The van der Waals surface area contributed by atoms with Gasteiger partial charge in [-0.05, 0) is 55.7 Å². The molecule has 0 spiro atoms. The Bertz CT molecular complexity index is 1620. The third-order valence-electron chi connectivity index (χ3n) is 6.95. The fourth-order valence-electron chi connectivity index (χ4n) is 4.94. The summed E-state index contributed by atoms with van der Waals surface area (Å²) in [5, 5.41) is 13.2. The van der Waals surface area contributed by atoms with Gasteiger partial charge in [-0.1, -0.05) is 42.5 Å². The van der Waals surface area contributed by atoms with Gasteiger partial charge in [0.2, 0.25) is 10.0 Å². The first kappa shape index (κ1) is 29.8. The minimum atomic E-state index is -3.82. The lowest BCUT2D eigenvalue weighted by Gasteiger charge is -2.39. The zero-order valence-corrected chi connectivity index (χ0v) is 24.1. The molecule has 1 aliphatic rings. The van der Waals surface area contributed by atoms with Crippen LogP contribution in [0.1, 0.15) is 38.8 Å². The molecule has 1 heterocycles. The molecule has 0 aliphatic carbocycles. The number of benzene rings is 3. The molecule has 0 aromatic heterocycles. The van der Waals surface area contributed by atoms with Crippen molar-refractivity contribution in [3.63, 3.8) is 0 Å². The summed E-state index contributed by atoms with van der Waals surface area (Å²) < 4.78 is 33.3. The van der Waals surface area contributed by atoms with Crippen molar-refractivity contribution in [2.45, 2.75) is 44.2 Å². The Labute approximate surface area is 238 Å². The van der Waals surface area contributed by atoms with Crippen molar-refractivity contribution in [1.29, 1.82) is 0 Å². The van der Waals surface area contributed by atoms with Gasteiger partial charge in [0.25, 0.3) is 5.69 Å². The van der Waals surface area contributed by atoms with Gasteiger partial charge in [-0.3, -0.25) is 14.9 Å². The summed E-state index contributed by atoms with van der Waals surface area (Å²) >= 11 is 0. The maximum atomic E-state index is 13.3. The van der Waals surface area contributed by atoms with E-state index in [9.17, 15) is 28.1 Å². The largest absolute Gasteiger partial charge is 0.462 e. The molecule has 0 radical (unpaired) electrons. The smallest absolute Gasteiger partial charge is 0.344 e. The highest BCUT2D eigenvalue weighted by molar-refractivity contribution is 7.89. The highest BCUT2D eigenvalue weighted by Gasteiger charge is 2.43. The van der Waals surface area contributed by atoms with Crippen molar-refractivity contribution in [2.24, 2.45) is 10.9 Å². The number of nitro groups is 1. The van der Waals surface area contributed by atoms with Crippen LogP contribution in [0.3, 0.4) is 0 Å². The van der Waals surface area contributed by atoms with Crippen molar-refractivity contribution in [2.75, 3.05) is 20.1 Å². The fraction of sp³-hybridized carbons (Fsp3) is 0.345. The number of non-ortho nitro benzene ring substituents is 1. The average Bonchev–Trinajstić information content (AvgIpc) is 2.93. The van der Waals surface area contributed by atoms with Gasteiger partial charge < -0.3 is 9.64 Å². The Balaban J connectivity index is 1.59. The molecule has 0 bridgehead atoms. The first-order valence-electron chi connectivity index (χ1n) is 13.2. The number of esters is 1. The summed E-state index contributed by atoms with van der Waals surface area (Å²) in [5.41, 5.74) is 0.432. The highest BCUT2D eigenvalue weighted by Crippen LogP contribution is 2.36. The number of nitrogens with zero attached hydrogens (tertiary/aromatic N) is 4. The molecule has 0 fully saturated rings. The maximum absolute atomic E-state index is 13.3. The number of ether oxygens (including phenoxy) is 1. The zero-order valence-electron chi connectivity index (χ0n) is 23.3. The van der Waals surface area contributed by atoms with Gasteiger partial charge in [0, 0.05) is 38.0 Å². The number of rotatable bonds is 10. The van der Waals surface area contributed by atoms with Crippen LogP contribution in [0, 0.1) is 16.0 Å². The van der Waals surface area contributed by atoms with E-state index in [1.54, 1.807) is 45.0 Å². The third kappa shape index (κ3) is 6.44. The highest BCUT2D eigenvalue weighted by atomic mass is 32.2. The normalized spacial score (nSPS) is 17.7. The van der Waals surface area contributed by atoms with E-state index >= 15 is 0 Å². The lowest BCUT2D eigenvalue weighted by Crippen LogP contribution is -2.48. The molecule has 3 aromatic rings. The van der Waals surface area contributed by atoms with Crippen LogP contribution in [0.25, 0.3) is 10.8 Å². The molecule has 0 saturated carbocycles. The number of hydrogen-bond donors (Lipinski definition) is 0. The Morgan fingerprint density at radius 3 is 2.49 bits per heavy atom. The molecule has 2 unspecified atom stereocenters. The summed E-state index contributed by atoms with van der Waals surface area (Å²) in [4.78, 5) is 42.8. The Hall–Kier alpha value is -4.16. The van der Waals surface area contributed by atoms with E-state index in [0.717, 1.165) is 10.8 Å². The van der Waals surface area contributed by atoms with Crippen molar-refractivity contribution in [1.82, 2.24) is 9.21 Å². The van der Waals surface area contributed by atoms with Crippen LogP contribution in [0.15, 0.2) is 76.6 Å². The number of sulfonamides is 1. The van der Waals surface area contributed by atoms with Crippen molar-refractivity contribution >= 4 is 44.2 Å². The summed E-state index contributed by atoms with van der Waals surface area (Å²) in [6.07, 6.45) is -0.206. The molecule has 41 heavy (non-hydrogen) atoms. The second kappa shape index (κ2) is 12.1. The Morgan fingerprint density at radius 2 is 1.80 bits per heavy atom. The molecular formula is C29H32N4O7S. The quantitative estimate of drug-likeness (QED) is 0.187. The Kier molecular flexibility index (Phi) is 8.83. The second-order valence-electron chi connectivity index (χ2n) is 10.2. The zero-order chi connectivity index (χ0) is 29.9. The monoisotopic (exact) mass is 580 g/mol. The molecule has 0 N–H and O–H groups in total. The molecule has 12 heteroatoms. The third-order valence-corrected chi connectivity index (χ3v) is 8.80. The number of aliphatic imine (C=N–C) groups is 1. The fourth-order valence-corrected chi connectivity index (χ4v) is 6.18. The van der Waals surface area contributed by atoms with Crippen LogP contribution >= 0.6 is 0 Å². The predicted molar refractivity (Wildman–Crippen MR) is 154 cm³/mol. The summed E-state index contributed by atoms with van der Waals surface area (Å²) in [5.74, 6) is -1.59. The summed E-state index contributed by atoms with van der Waals surface area (Å²) in [6.45, 7) is 5.07.